The molecule has 0 saturated carbocycles. The number of amides is 2. The number of hydrogen-bond donors (Lipinski definition) is 2. The number of benzene rings is 1. The van der Waals surface area contributed by atoms with E-state index in [-0.39, 0.29) is 18.3 Å². The molecular formula is C17H24N2O4. The van der Waals surface area contributed by atoms with Crippen LogP contribution in [0.25, 0.3) is 0 Å². The lowest BCUT2D eigenvalue weighted by atomic mass is 10.0. The second kappa shape index (κ2) is 8.92. The van der Waals surface area contributed by atoms with Crippen molar-refractivity contribution in [3.63, 3.8) is 0 Å². The molecule has 1 rings (SSSR count). The Morgan fingerprint density at radius 3 is 2.17 bits per heavy atom. The van der Waals surface area contributed by atoms with Crippen molar-refractivity contribution in [3.8, 4) is 0 Å². The molecule has 0 aliphatic heterocycles. The Bertz CT molecular complexity index is 543. The van der Waals surface area contributed by atoms with Gasteiger partial charge in [0.2, 0.25) is 5.91 Å². The summed E-state index contributed by atoms with van der Waals surface area (Å²) in [5.41, 5.74) is 0.860. The SMILES string of the molecule is CC(=O)[C@H](C)NC(=O)[C@H](NC(=O)OCc1ccccc1)C(C)C. The van der Waals surface area contributed by atoms with Crippen molar-refractivity contribution < 1.29 is 19.1 Å². The van der Waals surface area contributed by atoms with Crippen LogP contribution >= 0.6 is 0 Å². The van der Waals surface area contributed by atoms with Gasteiger partial charge in [0.15, 0.2) is 5.78 Å². The van der Waals surface area contributed by atoms with E-state index in [1.807, 2.05) is 30.3 Å². The first-order valence-electron chi connectivity index (χ1n) is 7.59. The first-order chi connectivity index (χ1) is 10.8. The van der Waals surface area contributed by atoms with Gasteiger partial charge in [-0.15, -0.1) is 0 Å². The largest absolute Gasteiger partial charge is 0.445 e. The maximum Gasteiger partial charge on any atom is 0.408 e. The zero-order valence-electron chi connectivity index (χ0n) is 14.0. The minimum Gasteiger partial charge on any atom is -0.445 e. The number of nitrogens with one attached hydrogen (secondary N) is 2. The minimum absolute atomic E-state index is 0.128. The first kappa shape index (κ1) is 18.7. The molecule has 126 valence electrons. The number of ketones is 1. The van der Waals surface area contributed by atoms with Gasteiger partial charge in [0, 0.05) is 0 Å². The predicted octanol–water partition coefficient (Wildman–Crippen LogP) is 2.03. The van der Waals surface area contributed by atoms with Crippen molar-refractivity contribution in [2.45, 2.75) is 46.4 Å². The average molecular weight is 320 g/mol. The highest BCUT2D eigenvalue weighted by atomic mass is 16.5. The van der Waals surface area contributed by atoms with E-state index >= 15 is 0 Å². The summed E-state index contributed by atoms with van der Waals surface area (Å²) in [5.74, 6) is -0.690. The van der Waals surface area contributed by atoms with Gasteiger partial charge in [0.1, 0.15) is 12.6 Å². The van der Waals surface area contributed by atoms with E-state index < -0.39 is 24.1 Å². The Morgan fingerprint density at radius 1 is 1.04 bits per heavy atom. The highest BCUT2D eigenvalue weighted by Crippen LogP contribution is 2.05. The highest BCUT2D eigenvalue weighted by Gasteiger charge is 2.26. The Balaban J connectivity index is 2.56. The van der Waals surface area contributed by atoms with E-state index in [2.05, 4.69) is 10.6 Å². The van der Waals surface area contributed by atoms with Gasteiger partial charge in [-0.2, -0.15) is 0 Å². The van der Waals surface area contributed by atoms with Crippen LogP contribution in [0.2, 0.25) is 0 Å². The fourth-order valence-electron chi connectivity index (χ4n) is 1.83. The lowest BCUT2D eigenvalue weighted by molar-refractivity contribution is -0.128. The number of alkyl carbamates (subject to hydrolysis) is 1. The van der Waals surface area contributed by atoms with Crippen molar-refractivity contribution >= 4 is 17.8 Å². The zero-order valence-corrected chi connectivity index (χ0v) is 14.0. The van der Waals surface area contributed by atoms with E-state index in [0.717, 1.165) is 5.56 Å². The van der Waals surface area contributed by atoms with Gasteiger partial charge in [0.25, 0.3) is 0 Å². The van der Waals surface area contributed by atoms with Gasteiger partial charge in [0.05, 0.1) is 6.04 Å². The second-order valence-corrected chi connectivity index (χ2v) is 5.77. The van der Waals surface area contributed by atoms with Gasteiger partial charge in [-0.3, -0.25) is 9.59 Å². The van der Waals surface area contributed by atoms with Crippen LogP contribution in [0, 0.1) is 5.92 Å². The molecule has 0 aromatic heterocycles. The molecule has 6 nitrogen and oxygen atoms in total. The number of carbonyl (C=O) groups excluding carboxylic acids is 3. The summed E-state index contributed by atoms with van der Waals surface area (Å²) in [5, 5.41) is 5.13. The predicted molar refractivity (Wildman–Crippen MR) is 86.7 cm³/mol. The molecule has 1 aromatic carbocycles. The number of Topliss-reactive ketones (excluding diaryl/α,β-unsaturated/α-hetero) is 1. The first-order valence-corrected chi connectivity index (χ1v) is 7.59. The summed E-state index contributed by atoms with van der Waals surface area (Å²) in [4.78, 5) is 35.3. The summed E-state index contributed by atoms with van der Waals surface area (Å²) in [6, 6.07) is 7.90. The van der Waals surface area contributed by atoms with Crippen LogP contribution < -0.4 is 10.6 Å². The van der Waals surface area contributed by atoms with Crippen molar-refractivity contribution in [2.24, 2.45) is 5.92 Å². The molecule has 1 aromatic rings. The molecule has 2 amide bonds. The average Bonchev–Trinajstić information content (AvgIpc) is 2.51. The van der Waals surface area contributed by atoms with Gasteiger partial charge in [-0.25, -0.2) is 4.79 Å². The molecule has 2 atom stereocenters. The van der Waals surface area contributed by atoms with Crippen LogP contribution in [0.5, 0.6) is 0 Å². The summed E-state index contributed by atoms with van der Waals surface area (Å²) in [7, 11) is 0. The monoisotopic (exact) mass is 320 g/mol. The fourth-order valence-corrected chi connectivity index (χ4v) is 1.83. The molecule has 2 N–H and O–H groups in total. The molecule has 0 aliphatic rings. The molecule has 0 spiro atoms. The third kappa shape index (κ3) is 6.50. The summed E-state index contributed by atoms with van der Waals surface area (Å²) >= 11 is 0. The quantitative estimate of drug-likeness (QED) is 0.805. The number of carbonyl (C=O) groups is 3. The molecular weight excluding hydrogens is 296 g/mol. The van der Waals surface area contributed by atoms with Crippen molar-refractivity contribution in [1.82, 2.24) is 10.6 Å². The van der Waals surface area contributed by atoms with E-state index in [4.69, 9.17) is 4.74 Å². The Morgan fingerprint density at radius 2 is 1.65 bits per heavy atom. The van der Waals surface area contributed by atoms with E-state index in [9.17, 15) is 14.4 Å². The molecule has 0 radical (unpaired) electrons. The molecule has 0 saturated heterocycles. The molecule has 0 bridgehead atoms. The van der Waals surface area contributed by atoms with E-state index in [1.54, 1.807) is 20.8 Å². The Hall–Kier alpha value is -2.37. The smallest absolute Gasteiger partial charge is 0.408 e. The van der Waals surface area contributed by atoms with Crippen LogP contribution in [0.4, 0.5) is 4.79 Å². The van der Waals surface area contributed by atoms with Crippen LogP contribution in [0.15, 0.2) is 30.3 Å². The van der Waals surface area contributed by atoms with Crippen LogP contribution in [0.1, 0.15) is 33.3 Å². The van der Waals surface area contributed by atoms with E-state index in [1.165, 1.54) is 6.92 Å². The third-order valence-corrected chi connectivity index (χ3v) is 3.40. The maximum atomic E-state index is 12.2. The second-order valence-electron chi connectivity index (χ2n) is 5.77. The van der Waals surface area contributed by atoms with Crippen LogP contribution in [0.3, 0.4) is 0 Å². The lowest BCUT2D eigenvalue weighted by Crippen LogP contribution is -2.52. The highest BCUT2D eigenvalue weighted by molar-refractivity contribution is 5.91. The zero-order chi connectivity index (χ0) is 17.4. The van der Waals surface area contributed by atoms with Gasteiger partial charge < -0.3 is 15.4 Å². The van der Waals surface area contributed by atoms with Crippen molar-refractivity contribution in [3.05, 3.63) is 35.9 Å². The van der Waals surface area contributed by atoms with Crippen LogP contribution in [-0.4, -0.2) is 29.9 Å². The van der Waals surface area contributed by atoms with Gasteiger partial charge in [-0.1, -0.05) is 44.2 Å². The standard InChI is InChI=1S/C17H24N2O4/c1-11(2)15(16(21)18-12(3)13(4)20)19-17(22)23-10-14-8-6-5-7-9-14/h5-9,11-12,15H,10H2,1-4H3,(H,18,21)(H,19,22)/t12-,15+/m0/s1. The molecule has 6 heteroatoms. The summed E-state index contributed by atoms with van der Waals surface area (Å²) in [6.07, 6.45) is -0.668. The Kier molecular flexibility index (Phi) is 7.25. The van der Waals surface area contributed by atoms with Crippen molar-refractivity contribution in [2.75, 3.05) is 0 Å². The third-order valence-electron chi connectivity index (χ3n) is 3.40. The molecule has 0 heterocycles. The van der Waals surface area contributed by atoms with Crippen molar-refractivity contribution in [1.29, 1.82) is 0 Å². The van der Waals surface area contributed by atoms with E-state index in [0.29, 0.717) is 0 Å². The maximum absolute atomic E-state index is 12.2. The summed E-state index contributed by atoms with van der Waals surface area (Å²) < 4.78 is 5.11. The molecule has 0 unspecified atom stereocenters. The van der Waals surface area contributed by atoms with Gasteiger partial charge in [-0.05, 0) is 25.3 Å². The molecule has 0 fully saturated rings. The Labute approximate surface area is 136 Å². The number of ether oxygens (including phenoxy) is 1. The minimum atomic E-state index is -0.764. The number of hydrogen-bond acceptors (Lipinski definition) is 4. The van der Waals surface area contributed by atoms with Crippen LogP contribution in [-0.2, 0) is 20.9 Å². The normalized spacial score (nSPS) is 13.1. The molecule has 23 heavy (non-hydrogen) atoms. The molecule has 0 aliphatic carbocycles. The fraction of sp³-hybridized carbons (Fsp3) is 0.471. The summed E-state index contributed by atoms with van der Waals surface area (Å²) in [6.45, 7) is 6.74. The topological polar surface area (TPSA) is 84.5 Å². The van der Waals surface area contributed by atoms with Gasteiger partial charge >= 0.3 is 6.09 Å². The number of rotatable bonds is 7. The lowest BCUT2D eigenvalue weighted by Gasteiger charge is -2.23.